The van der Waals surface area contributed by atoms with Crippen molar-refractivity contribution in [3.63, 3.8) is 0 Å². The van der Waals surface area contributed by atoms with Crippen molar-refractivity contribution < 1.29 is 9.90 Å². The van der Waals surface area contributed by atoms with Crippen LogP contribution >= 0.6 is 0 Å². The standard InChI is InChI=1S/C13H18N2O2/c1-9-3-2-4-11(5-9)15-13(17)14-8-10-6-12(16)7-10/h2-5,10,12,16H,6-8H2,1H3,(H2,14,15,17). The molecule has 0 unspecified atom stereocenters. The fraction of sp³-hybridized carbons (Fsp3) is 0.462. The van der Waals surface area contributed by atoms with E-state index in [4.69, 9.17) is 5.11 Å². The second-order valence-electron chi connectivity index (χ2n) is 4.70. The summed E-state index contributed by atoms with van der Waals surface area (Å²) in [5, 5.41) is 14.7. The zero-order chi connectivity index (χ0) is 12.3. The van der Waals surface area contributed by atoms with Crippen molar-refractivity contribution in [2.75, 3.05) is 11.9 Å². The van der Waals surface area contributed by atoms with Gasteiger partial charge in [-0.25, -0.2) is 4.79 Å². The van der Waals surface area contributed by atoms with Crippen LogP contribution < -0.4 is 10.6 Å². The number of amides is 2. The molecule has 1 aromatic carbocycles. The first-order valence-electron chi connectivity index (χ1n) is 5.93. The van der Waals surface area contributed by atoms with Crippen molar-refractivity contribution in [3.8, 4) is 0 Å². The molecule has 0 bridgehead atoms. The highest BCUT2D eigenvalue weighted by Gasteiger charge is 2.27. The van der Waals surface area contributed by atoms with Gasteiger partial charge in [-0.1, -0.05) is 12.1 Å². The largest absolute Gasteiger partial charge is 0.393 e. The van der Waals surface area contributed by atoms with E-state index in [0.717, 1.165) is 24.1 Å². The summed E-state index contributed by atoms with van der Waals surface area (Å²) < 4.78 is 0. The van der Waals surface area contributed by atoms with Crippen molar-refractivity contribution in [3.05, 3.63) is 29.8 Å². The van der Waals surface area contributed by atoms with Crippen LogP contribution in [0, 0.1) is 12.8 Å². The average Bonchev–Trinajstić information content (AvgIpc) is 2.23. The number of hydrogen-bond donors (Lipinski definition) is 3. The lowest BCUT2D eigenvalue weighted by atomic mass is 9.82. The minimum atomic E-state index is -0.183. The highest BCUT2D eigenvalue weighted by Crippen LogP contribution is 2.26. The first-order chi connectivity index (χ1) is 8.13. The summed E-state index contributed by atoms with van der Waals surface area (Å²) in [6, 6.07) is 7.50. The molecule has 0 saturated heterocycles. The van der Waals surface area contributed by atoms with Crippen LogP contribution in [0.2, 0.25) is 0 Å². The smallest absolute Gasteiger partial charge is 0.319 e. The van der Waals surface area contributed by atoms with Gasteiger partial charge in [-0.15, -0.1) is 0 Å². The fourth-order valence-electron chi connectivity index (χ4n) is 2.00. The van der Waals surface area contributed by atoms with Crippen LogP contribution in [-0.2, 0) is 0 Å². The number of hydrogen-bond acceptors (Lipinski definition) is 2. The SMILES string of the molecule is Cc1cccc(NC(=O)NCC2CC(O)C2)c1. The van der Waals surface area contributed by atoms with Gasteiger partial charge in [0.2, 0.25) is 0 Å². The molecule has 92 valence electrons. The molecule has 4 nitrogen and oxygen atoms in total. The molecule has 0 aliphatic heterocycles. The zero-order valence-corrected chi connectivity index (χ0v) is 9.94. The maximum atomic E-state index is 11.6. The third-order valence-corrected chi connectivity index (χ3v) is 3.04. The summed E-state index contributed by atoms with van der Waals surface area (Å²) >= 11 is 0. The summed E-state index contributed by atoms with van der Waals surface area (Å²) in [4.78, 5) is 11.6. The maximum absolute atomic E-state index is 11.6. The van der Waals surface area contributed by atoms with E-state index in [1.165, 1.54) is 0 Å². The van der Waals surface area contributed by atoms with Gasteiger partial charge in [0.25, 0.3) is 0 Å². The van der Waals surface area contributed by atoms with Crippen LogP contribution in [0.1, 0.15) is 18.4 Å². The Hall–Kier alpha value is -1.55. The monoisotopic (exact) mass is 234 g/mol. The molecular formula is C13H18N2O2. The number of carbonyl (C=O) groups is 1. The predicted octanol–water partition coefficient (Wildman–Crippen LogP) is 1.89. The molecule has 2 amide bonds. The van der Waals surface area contributed by atoms with Crippen LogP contribution in [0.4, 0.5) is 10.5 Å². The van der Waals surface area contributed by atoms with E-state index < -0.39 is 0 Å². The molecule has 4 heteroatoms. The second kappa shape index (κ2) is 5.19. The number of aliphatic hydroxyl groups is 1. The van der Waals surface area contributed by atoms with Gasteiger partial charge in [-0.05, 0) is 43.4 Å². The Balaban J connectivity index is 1.73. The first kappa shape index (κ1) is 11.9. The molecule has 1 aromatic rings. The van der Waals surface area contributed by atoms with Gasteiger partial charge in [0, 0.05) is 12.2 Å². The van der Waals surface area contributed by atoms with Crippen LogP contribution in [0.5, 0.6) is 0 Å². The van der Waals surface area contributed by atoms with E-state index in [0.29, 0.717) is 12.5 Å². The molecule has 1 aliphatic rings. The van der Waals surface area contributed by atoms with Crippen LogP contribution in [-0.4, -0.2) is 23.8 Å². The lowest BCUT2D eigenvalue weighted by Crippen LogP contribution is -2.40. The van der Waals surface area contributed by atoms with E-state index in [1.807, 2.05) is 31.2 Å². The molecule has 2 rings (SSSR count). The number of carbonyl (C=O) groups excluding carboxylic acids is 1. The van der Waals surface area contributed by atoms with Gasteiger partial charge < -0.3 is 15.7 Å². The molecule has 0 heterocycles. The number of aryl methyl sites for hydroxylation is 1. The summed E-state index contributed by atoms with van der Waals surface area (Å²) in [5.41, 5.74) is 1.92. The third kappa shape index (κ3) is 3.46. The lowest BCUT2D eigenvalue weighted by molar-refractivity contribution is 0.0443. The Kier molecular flexibility index (Phi) is 3.64. The third-order valence-electron chi connectivity index (χ3n) is 3.04. The van der Waals surface area contributed by atoms with Gasteiger partial charge in [-0.3, -0.25) is 0 Å². The molecule has 0 atom stereocenters. The van der Waals surface area contributed by atoms with Crippen molar-refractivity contribution in [2.24, 2.45) is 5.92 Å². The van der Waals surface area contributed by atoms with E-state index in [-0.39, 0.29) is 12.1 Å². The molecule has 1 fully saturated rings. The zero-order valence-electron chi connectivity index (χ0n) is 9.94. The summed E-state index contributed by atoms with van der Waals surface area (Å²) in [5.74, 6) is 0.424. The summed E-state index contributed by atoms with van der Waals surface area (Å²) in [6.07, 6.45) is 1.43. The molecular weight excluding hydrogens is 216 g/mol. The van der Waals surface area contributed by atoms with Crippen molar-refractivity contribution >= 4 is 11.7 Å². The molecule has 3 N–H and O–H groups in total. The molecule has 1 saturated carbocycles. The molecule has 0 aromatic heterocycles. The topological polar surface area (TPSA) is 61.4 Å². The van der Waals surface area contributed by atoms with Crippen molar-refractivity contribution in [1.82, 2.24) is 5.32 Å². The number of nitrogens with one attached hydrogen (secondary N) is 2. The minimum absolute atomic E-state index is 0.165. The highest BCUT2D eigenvalue weighted by atomic mass is 16.3. The van der Waals surface area contributed by atoms with E-state index >= 15 is 0 Å². The maximum Gasteiger partial charge on any atom is 0.319 e. The number of benzene rings is 1. The second-order valence-corrected chi connectivity index (χ2v) is 4.70. The van der Waals surface area contributed by atoms with Gasteiger partial charge in [0.05, 0.1) is 6.10 Å². The van der Waals surface area contributed by atoms with Gasteiger partial charge in [0.1, 0.15) is 0 Å². The first-order valence-corrected chi connectivity index (χ1v) is 5.93. The predicted molar refractivity (Wildman–Crippen MR) is 66.9 cm³/mol. The van der Waals surface area contributed by atoms with Gasteiger partial charge in [0.15, 0.2) is 0 Å². The Bertz CT molecular complexity index is 400. The van der Waals surface area contributed by atoms with Crippen LogP contribution in [0.15, 0.2) is 24.3 Å². The normalized spacial score (nSPS) is 22.7. The Morgan fingerprint density at radius 2 is 2.24 bits per heavy atom. The molecule has 0 spiro atoms. The number of anilines is 1. The van der Waals surface area contributed by atoms with E-state index in [9.17, 15) is 4.79 Å². The summed E-state index contributed by atoms with van der Waals surface area (Å²) in [6.45, 7) is 2.62. The van der Waals surface area contributed by atoms with Gasteiger partial charge in [-0.2, -0.15) is 0 Å². The number of urea groups is 1. The van der Waals surface area contributed by atoms with Crippen LogP contribution in [0.3, 0.4) is 0 Å². The highest BCUT2D eigenvalue weighted by molar-refractivity contribution is 5.89. The Morgan fingerprint density at radius 3 is 2.88 bits per heavy atom. The molecule has 0 radical (unpaired) electrons. The summed E-state index contributed by atoms with van der Waals surface area (Å²) in [7, 11) is 0. The quantitative estimate of drug-likeness (QED) is 0.748. The average molecular weight is 234 g/mol. The van der Waals surface area contributed by atoms with Gasteiger partial charge >= 0.3 is 6.03 Å². The Labute approximate surface area is 101 Å². The fourth-order valence-corrected chi connectivity index (χ4v) is 2.00. The van der Waals surface area contributed by atoms with Crippen LogP contribution in [0.25, 0.3) is 0 Å². The van der Waals surface area contributed by atoms with E-state index in [2.05, 4.69) is 10.6 Å². The molecule has 1 aliphatic carbocycles. The minimum Gasteiger partial charge on any atom is -0.393 e. The van der Waals surface area contributed by atoms with Crippen molar-refractivity contribution in [2.45, 2.75) is 25.9 Å². The lowest BCUT2D eigenvalue weighted by Gasteiger charge is -2.31. The van der Waals surface area contributed by atoms with E-state index in [1.54, 1.807) is 0 Å². The van der Waals surface area contributed by atoms with Crippen molar-refractivity contribution in [1.29, 1.82) is 0 Å². The number of rotatable bonds is 3. The number of aliphatic hydroxyl groups excluding tert-OH is 1. The Morgan fingerprint density at radius 1 is 1.47 bits per heavy atom. The molecule has 17 heavy (non-hydrogen) atoms.